The molecule has 1 aromatic rings. The number of anilines is 1. The van der Waals surface area contributed by atoms with Gasteiger partial charge in [0.05, 0.1) is 10.8 Å². The molecule has 4 atom stereocenters. The van der Waals surface area contributed by atoms with Gasteiger partial charge in [-0.15, -0.1) is 0 Å². The average Bonchev–Trinajstić information content (AvgIpc) is 2.72. The van der Waals surface area contributed by atoms with Crippen molar-refractivity contribution in [3.63, 3.8) is 0 Å². The van der Waals surface area contributed by atoms with Crippen LogP contribution in [0.1, 0.15) is 77.0 Å². The normalized spacial score (nSPS) is 49.9. The van der Waals surface area contributed by atoms with Crippen molar-refractivity contribution in [2.24, 2.45) is 45.3 Å². The molecule has 4 nitrogen and oxygen atoms in total. The molecule has 8 bridgehead atoms. The first-order valence-corrected chi connectivity index (χ1v) is 12.9. The third-order valence-corrected chi connectivity index (χ3v) is 11.2. The van der Waals surface area contributed by atoms with E-state index in [1.165, 1.54) is 38.5 Å². The van der Waals surface area contributed by atoms with Gasteiger partial charge < -0.3 is 10.4 Å². The van der Waals surface area contributed by atoms with E-state index in [1.54, 1.807) is 0 Å². The number of carbonyl (C=O) groups excluding carboxylic acids is 1. The zero-order valence-corrected chi connectivity index (χ0v) is 18.9. The Morgan fingerprint density at radius 1 is 0.719 bits per heavy atom. The minimum absolute atomic E-state index is 0.158. The Morgan fingerprint density at radius 2 is 1.19 bits per heavy atom. The smallest absolute Gasteiger partial charge is 0.309 e. The first-order valence-electron chi connectivity index (χ1n) is 12.9. The molecule has 8 aliphatic carbocycles. The highest BCUT2D eigenvalue weighted by Gasteiger charge is 2.71. The van der Waals surface area contributed by atoms with E-state index >= 15 is 0 Å². The van der Waals surface area contributed by atoms with Gasteiger partial charge in [0.25, 0.3) is 0 Å². The quantitative estimate of drug-likeness (QED) is 0.623. The number of hydrogen-bond donors (Lipinski definition) is 2. The summed E-state index contributed by atoms with van der Waals surface area (Å²) in [6.45, 7) is 0. The van der Waals surface area contributed by atoms with Crippen molar-refractivity contribution in [2.45, 2.75) is 77.0 Å². The lowest BCUT2D eigenvalue weighted by Gasteiger charge is -2.73. The molecule has 0 aromatic heterocycles. The van der Waals surface area contributed by atoms with Crippen molar-refractivity contribution in [3.8, 4) is 0 Å². The van der Waals surface area contributed by atoms with Crippen LogP contribution in [0.3, 0.4) is 0 Å². The van der Waals surface area contributed by atoms with Crippen LogP contribution in [0.15, 0.2) is 30.3 Å². The predicted octanol–water partition coefficient (Wildman–Crippen LogP) is 5.88. The number of benzene rings is 1. The first kappa shape index (κ1) is 19.6. The lowest BCUT2D eigenvalue weighted by molar-refractivity contribution is -0.237. The molecule has 4 unspecified atom stereocenters. The summed E-state index contributed by atoms with van der Waals surface area (Å²) in [6, 6.07) is 9.93. The van der Waals surface area contributed by atoms with E-state index in [-0.39, 0.29) is 22.2 Å². The van der Waals surface area contributed by atoms with E-state index in [0.717, 1.165) is 44.2 Å². The maximum absolute atomic E-state index is 13.8. The summed E-state index contributed by atoms with van der Waals surface area (Å²) in [5.74, 6) is 2.18. The molecule has 4 heteroatoms. The van der Waals surface area contributed by atoms with Crippen molar-refractivity contribution in [2.75, 3.05) is 5.32 Å². The predicted molar refractivity (Wildman–Crippen MR) is 122 cm³/mol. The zero-order chi connectivity index (χ0) is 21.8. The minimum Gasteiger partial charge on any atom is -0.481 e. The van der Waals surface area contributed by atoms with Crippen LogP contribution in [0.25, 0.3) is 0 Å². The van der Waals surface area contributed by atoms with Crippen LogP contribution in [0.5, 0.6) is 0 Å². The van der Waals surface area contributed by atoms with Crippen LogP contribution >= 0.6 is 0 Å². The molecule has 0 saturated heterocycles. The van der Waals surface area contributed by atoms with Gasteiger partial charge in [-0.05, 0) is 124 Å². The topological polar surface area (TPSA) is 66.4 Å². The lowest BCUT2D eigenvalue weighted by Crippen LogP contribution is -2.66. The Kier molecular flexibility index (Phi) is 3.79. The Bertz CT molecular complexity index is 956. The molecule has 0 aliphatic heterocycles. The Morgan fingerprint density at radius 3 is 1.69 bits per heavy atom. The van der Waals surface area contributed by atoms with Gasteiger partial charge in [0.15, 0.2) is 0 Å². The van der Waals surface area contributed by atoms with Crippen molar-refractivity contribution >= 4 is 17.6 Å². The number of rotatable bonds is 4. The zero-order valence-electron chi connectivity index (χ0n) is 18.9. The van der Waals surface area contributed by atoms with Gasteiger partial charge in [0.1, 0.15) is 0 Å². The summed E-state index contributed by atoms with van der Waals surface area (Å²) in [6.07, 6.45) is 13.3. The van der Waals surface area contributed by atoms with Crippen LogP contribution in [0.2, 0.25) is 0 Å². The number of carboxylic acid groups (broad SMARTS) is 1. The van der Waals surface area contributed by atoms with E-state index in [4.69, 9.17) is 0 Å². The molecule has 1 amide bonds. The molecule has 2 N–H and O–H groups in total. The van der Waals surface area contributed by atoms with Gasteiger partial charge in [-0.3, -0.25) is 9.59 Å². The van der Waals surface area contributed by atoms with Crippen LogP contribution < -0.4 is 5.32 Å². The number of para-hydroxylation sites is 1. The summed E-state index contributed by atoms with van der Waals surface area (Å²) in [7, 11) is 0. The average molecular weight is 434 g/mol. The van der Waals surface area contributed by atoms with Gasteiger partial charge in [-0.2, -0.15) is 0 Å². The Labute approximate surface area is 190 Å². The maximum Gasteiger partial charge on any atom is 0.309 e. The second-order valence-corrected chi connectivity index (χ2v) is 13.2. The van der Waals surface area contributed by atoms with Crippen molar-refractivity contribution in [3.05, 3.63) is 30.3 Å². The fourth-order valence-electron chi connectivity index (χ4n) is 11.1. The third-order valence-electron chi connectivity index (χ3n) is 11.2. The summed E-state index contributed by atoms with van der Waals surface area (Å²) in [5, 5.41) is 13.6. The lowest BCUT2D eigenvalue weighted by atomic mass is 9.31. The van der Waals surface area contributed by atoms with Crippen LogP contribution in [0.4, 0.5) is 5.69 Å². The van der Waals surface area contributed by atoms with Gasteiger partial charge in [-0.25, -0.2) is 0 Å². The number of aliphatic carboxylic acids is 1. The Balaban J connectivity index is 1.26. The maximum atomic E-state index is 13.8. The van der Waals surface area contributed by atoms with Gasteiger partial charge >= 0.3 is 5.97 Å². The van der Waals surface area contributed by atoms with E-state index < -0.39 is 11.4 Å². The van der Waals surface area contributed by atoms with E-state index in [2.05, 4.69) is 5.32 Å². The summed E-state index contributed by atoms with van der Waals surface area (Å²) >= 11 is 0. The highest BCUT2D eigenvalue weighted by atomic mass is 16.4. The largest absolute Gasteiger partial charge is 0.481 e. The molecule has 170 valence electrons. The molecule has 0 spiro atoms. The highest BCUT2D eigenvalue weighted by Crippen LogP contribution is 2.78. The van der Waals surface area contributed by atoms with Crippen LogP contribution in [0, 0.1) is 45.3 Å². The van der Waals surface area contributed by atoms with Gasteiger partial charge in [-0.1, -0.05) is 18.2 Å². The molecule has 0 radical (unpaired) electrons. The third kappa shape index (κ3) is 2.50. The molecule has 8 saturated carbocycles. The molecule has 0 heterocycles. The molecular formula is C28H35NO3. The number of amides is 1. The van der Waals surface area contributed by atoms with Crippen molar-refractivity contribution < 1.29 is 14.7 Å². The van der Waals surface area contributed by atoms with Crippen molar-refractivity contribution in [1.29, 1.82) is 0 Å². The van der Waals surface area contributed by atoms with Crippen molar-refractivity contribution in [1.82, 2.24) is 0 Å². The second kappa shape index (κ2) is 6.18. The standard InChI is InChI=1S/C28H35NO3/c30-23(29-22-4-2-1-3-5-22)25-8-18-6-19(9-25)13-27(12-18,16-25)28-14-20-7-21(15-28)11-26(10-20,17-28)24(31)32/h1-5,18-21H,6-17H2,(H,29,30)(H,31,32). The first-order chi connectivity index (χ1) is 15.3. The summed E-state index contributed by atoms with van der Waals surface area (Å²) in [4.78, 5) is 26.3. The van der Waals surface area contributed by atoms with Crippen LogP contribution in [-0.2, 0) is 9.59 Å². The fraction of sp³-hybridized carbons (Fsp3) is 0.714. The molecule has 32 heavy (non-hydrogen) atoms. The van der Waals surface area contributed by atoms with Gasteiger partial charge in [0.2, 0.25) is 5.91 Å². The Hall–Kier alpha value is -1.84. The van der Waals surface area contributed by atoms with E-state index in [9.17, 15) is 14.7 Å². The summed E-state index contributed by atoms with van der Waals surface area (Å²) < 4.78 is 0. The van der Waals surface area contributed by atoms with Gasteiger partial charge in [0, 0.05) is 5.69 Å². The number of nitrogens with one attached hydrogen (secondary N) is 1. The summed E-state index contributed by atoms with van der Waals surface area (Å²) in [5.41, 5.74) is 0.517. The molecule has 1 aromatic carbocycles. The SMILES string of the molecule is O=C(O)C12CC3CC(C1)CC(C14CC5CC(CC(C(=O)Nc6ccccc6)(C5)C1)C4)(C3)C2. The monoisotopic (exact) mass is 433 g/mol. The van der Waals surface area contributed by atoms with E-state index in [0.29, 0.717) is 23.7 Å². The second-order valence-electron chi connectivity index (χ2n) is 13.2. The van der Waals surface area contributed by atoms with Crippen LogP contribution in [-0.4, -0.2) is 17.0 Å². The highest BCUT2D eigenvalue weighted by molar-refractivity contribution is 5.95. The number of carboxylic acids is 1. The molecule has 9 rings (SSSR count). The number of hydrogen-bond acceptors (Lipinski definition) is 2. The molecule has 8 fully saturated rings. The molecular weight excluding hydrogens is 398 g/mol. The minimum atomic E-state index is -0.530. The van der Waals surface area contributed by atoms with E-state index in [1.807, 2.05) is 30.3 Å². The number of carbonyl (C=O) groups is 2. The fourth-order valence-corrected chi connectivity index (χ4v) is 11.1. The molecule has 8 aliphatic rings.